The Labute approximate surface area is 195 Å². The lowest BCUT2D eigenvalue weighted by Crippen LogP contribution is -2.41. The first kappa shape index (κ1) is 21.7. The highest BCUT2D eigenvalue weighted by Gasteiger charge is 2.65. The number of nitrogens with one attached hydrogen (secondary N) is 3. The van der Waals surface area contributed by atoms with Crippen molar-refractivity contribution in [2.45, 2.75) is 39.8 Å². The van der Waals surface area contributed by atoms with Gasteiger partial charge >= 0.3 is 0 Å². The van der Waals surface area contributed by atoms with Gasteiger partial charge in [0.1, 0.15) is 0 Å². The molecule has 0 aromatic heterocycles. The Morgan fingerprint density at radius 3 is 2.58 bits per heavy atom. The fourth-order valence-electron chi connectivity index (χ4n) is 5.62. The van der Waals surface area contributed by atoms with Crippen molar-refractivity contribution in [2.24, 2.45) is 17.3 Å². The largest absolute Gasteiger partial charge is 0.345 e. The van der Waals surface area contributed by atoms with Crippen LogP contribution < -0.4 is 16.0 Å². The van der Waals surface area contributed by atoms with Gasteiger partial charge in [-0.15, -0.1) is 0 Å². The molecule has 2 amide bonds. The molecule has 4 atom stereocenters. The van der Waals surface area contributed by atoms with E-state index in [0.717, 1.165) is 28.4 Å². The number of anilines is 1. The Bertz CT molecular complexity index is 1240. The minimum Gasteiger partial charge on any atom is -0.345 e. The standard InChI is InChI=1S/C28H31N3O2/c1-16-12-13-19(31-27(33)25-24-23(15-29-25)28(24,3)4)14-22(16)26(32)30-17(2)20-11-7-9-18-8-5-6-10-21(18)20/h5-14,17,23-25,29H,15H2,1-4H3,(H,30,32)(H,31,33)/t17-,23+,24+,25+/m1/s1. The second-order valence-corrected chi connectivity index (χ2v) is 10.1. The van der Waals surface area contributed by atoms with Crippen LogP contribution in [0.25, 0.3) is 10.8 Å². The molecule has 3 aromatic rings. The number of amides is 2. The van der Waals surface area contributed by atoms with E-state index in [1.54, 1.807) is 6.07 Å². The number of benzene rings is 3. The highest BCUT2D eigenvalue weighted by atomic mass is 16.2. The molecule has 33 heavy (non-hydrogen) atoms. The smallest absolute Gasteiger partial charge is 0.252 e. The van der Waals surface area contributed by atoms with Gasteiger partial charge in [0.2, 0.25) is 5.91 Å². The lowest BCUT2D eigenvalue weighted by Gasteiger charge is -2.20. The SMILES string of the molecule is Cc1ccc(NC(=O)[C@H]2NC[C@H]3[C@@H]2C3(C)C)cc1C(=O)N[C@H](C)c1cccc2ccccc12. The van der Waals surface area contributed by atoms with Crippen LogP contribution in [0.5, 0.6) is 0 Å². The van der Waals surface area contributed by atoms with E-state index in [0.29, 0.717) is 23.1 Å². The first-order valence-corrected chi connectivity index (χ1v) is 11.7. The van der Waals surface area contributed by atoms with Crippen LogP contribution in [-0.4, -0.2) is 24.4 Å². The molecule has 1 heterocycles. The predicted octanol–water partition coefficient (Wildman–Crippen LogP) is 4.82. The van der Waals surface area contributed by atoms with Crippen LogP contribution in [-0.2, 0) is 4.79 Å². The Kier molecular flexibility index (Phi) is 5.25. The number of piperidine rings is 1. The van der Waals surface area contributed by atoms with Gasteiger partial charge in [-0.1, -0.05) is 62.4 Å². The zero-order valence-corrected chi connectivity index (χ0v) is 19.6. The average molecular weight is 442 g/mol. The second kappa shape index (κ2) is 7.99. The Morgan fingerprint density at radius 1 is 1.06 bits per heavy atom. The van der Waals surface area contributed by atoms with E-state index in [2.05, 4.69) is 54.1 Å². The van der Waals surface area contributed by atoms with E-state index in [1.807, 2.05) is 44.2 Å². The quantitative estimate of drug-likeness (QED) is 0.532. The molecule has 5 heteroatoms. The van der Waals surface area contributed by atoms with Crippen molar-refractivity contribution in [3.8, 4) is 0 Å². The summed E-state index contributed by atoms with van der Waals surface area (Å²) in [7, 11) is 0. The molecule has 2 fully saturated rings. The number of carbonyl (C=O) groups excluding carboxylic acids is 2. The van der Waals surface area contributed by atoms with Gasteiger partial charge in [-0.05, 0) is 71.7 Å². The fourth-order valence-corrected chi connectivity index (χ4v) is 5.62. The highest BCUT2D eigenvalue weighted by molar-refractivity contribution is 6.00. The van der Waals surface area contributed by atoms with E-state index >= 15 is 0 Å². The molecule has 5 rings (SSSR count). The normalized spacial score (nSPS) is 23.6. The molecule has 5 nitrogen and oxygen atoms in total. The Balaban J connectivity index is 1.31. The molecule has 0 spiro atoms. The van der Waals surface area contributed by atoms with E-state index in [9.17, 15) is 9.59 Å². The molecular formula is C28H31N3O2. The number of fused-ring (bicyclic) bond motifs is 2. The highest BCUT2D eigenvalue weighted by Crippen LogP contribution is 2.62. The summed E-state index contributed by atoms with van der Waals surface area (Å²) in [6.45, 7) is 9.27. The summed E-state index contributed by atoms with van der Waals surface area (Å²) in [4.78, 5) is 26.1. The lowest BCUT2D eigenvalue weighted by atomic mass is 9.99. The van der Waals surface area contributed by atoms with Crippen molar-refractivity contribution in [1.29, 1.82) is 0 Å². The number of rotatable bonds is 5. The van der Waals surface area contributed by atoms with Crippen molar-refractivity contribution in [1.82, 2.24) is 10.6 Å². The van der Waals surface area contributed by atoms with Crippen molar-refractivity contribution in [3.63, 3.8) is 0 Å². The lowest BCUT2D eigenvalue weighted by molar-refractivity contribution is -0.118. The third-order valence-electron chi connectivity index (χ3n) is 7.73. The Hall–Kier alpha value is -3.18. The molecule has 3 aromatic carbocycles. The third-order valence-corrected chi connectivity index (χ3v) is 7.73. The van der Waals surface area contributed by atoms with Crippen molar-refractivity contribution in [3.05, 3.63) is 77.4 Å². The van der Waals surface area contributed by atoms with E-state index in [1.165, 1.54) is 0 Å². The second-order valence-electron chi connectivity index (χ2n) is 10.1. The summed E-state index contributed by atoms with van der Waals surface area (Å²) in [6, 6.07) is 19.5. The molecule has 1 saturated carbocycles. The van der Waals surface area contributed by atoms with Crippen LogP contribution in [0.4, 0.5) is 5.69 Å². The minimum atomic E-state index is -0.171. The summed E-state index contributed by atoms with van der Waals surface area (Å²) < 4.78 is 0. The average Bonchev–Trinajstić information content (AvgIpc) is 3.13. The van der Waals surface area contributed by atoms with Gasteiger partial charge in [0.25, 0.3) is 5.91 Å². The number of aryl methyl sites for hydroxylation is 1. The minimum absolute atomic E-state index is 0.0209. The molecule has 170 valence electrons. The van der Waals surface area contributed by atoms with Crippen molar-refractivity contribution < 1.29 is 9.59 Å². The maximum atomic E-state index is 13.2. The van der Waals surface area contributed by atoms with Crippen LogP contribution in [0.1, 0.15) is 48.3 Å². The topological polar surface area (TPSA) is 70.2 Å². The summed E-state index contributed by atoms with van der Waals surface area (Å²) in [5, 5.41) is 11.8. The monoisotopic (exact) mass is 441 g/mol. The summed E-state index contributed by atoms with van der Waals surface area (Å²) in [6.07, 6.45) is 0. The molecule has 3 N–H and O–H groups in total. The molecule has 1 saturated heterocycles. The van der Waals surface area contributed by atoms with Gasteiger partial charge in [-0.25, -0.2) is 0 Å². The van der Waals surface area contributed by atoms with Gasteiger partial charge in [0.05, 0.1) is 12.1 Å². The van der Waals surface area contributed by atoms with Gasteiger partial charge in [0.15, 0.2) is 0 Å². The van der Waals surface area contributed by atoms with Crippen molar-refractivity contribution >= 4 is 28.3 Å². The van der Waals surface area contributed by atoms with Crippen LogP contribution >= 0.6 is 0 Å². The molecule has 1 aliphatic carbocycles. The van der Waals surface area contributed by atoms with Crippen LogP contribution in [0.15, 0.2) is 60.7 Å². The maximum Gasteiger partial charge on any atom is 0.252 e. The zero-order chi connectivity index (χ0) is 23.3. The van der Waals surface area contributed by atoms with Crippen LogP contribution in [0.3, 0.4) is 0 Å². The summed E-state index contributed by atoms with van der Waals surface area (Å²) in [5.41, 5.74) is 3.40. The number of carbonyl (C=O) groups is 2. The van der Waals surface area contributed by atoms with Crippen LogP contribution in [0.2, 0.25) is 0 Å². The molecule has 0 bridgehead atoms. The van der Waals surface area contributed by atoms with Gasteiger partial charge < -0.3 is 16.0 Å². The van der Waals surface area contributed by atoms with Gasteiger partial charge in [0, 0.05) is 11.3 Å². The fraction of sp³-hybridized carbons (Fsp3) is 0.357. The van der Waals surface area contributed by atoms with Crippen molar-refractivity contribution in [2.75, 3.05) is 11.9 Å². The van der Waals surface area contributed by atoms with Gasteiger partial charge in [-0.2, -0.15) is 0 Å². The number of hydrogen-bond acceptors (Lipinski definition) is 3. The first-order valence-electron chi connectivity index (χ1n) is 11.7. The summed E-state index contributed by atoms with van der Waals surface area (Å²) >= 11 is 0. The predicted molar refractivity (Wildman–Crippen MR) is 132 cm³/mol. The molecule has 0 radical (unpaired) electrons. The molecule has 1 aliphatic heterocycles. The molecular weight excluding hydrogens is 410 g/mol. The first-order chi connectivity index (χ1) is 15.8. The van der Waals surface area contributed by atoms with E-state index in [-0.39, 0.29) is 29.3 Å². The van der Waals surface area contributed by atoms with Crippen LogP contribution in [0, 0.1) is 24.2 Å². The molecule has 0 unspecified atom stereocenters. The number of hydrogen-bond donors (Lipinski definition) is 3. The zero-order valence-electron chi connectivity index (χ0n) is 19.6. The van der Waals surface area contributed by atoms with E-state index in [4.69, 9.17) is 0 Å². The Morgan fingerprint density at radius 2 is 1.82 bits per heavy atom. The molecule has 2 aliphatic rings. The van der Waals surface area contributed by atoms with E-state index < -0.39 is 0 Å². The van der Waals surface area contributed by atoms with Gasteiger partial charge in [-0.3, -0.25) is 9.59 Å². The third kappa shape index (κ3) is 3.80. The maximum absolute atomic E-state index is 13.2. The summed E-state index contributed by atoms with van der Waals surface area (Å²) in [5.74, 6) is 0.786.